The Morgan fingerprint density at radius 2 is 2.21 bits per heavy atom. The van der Waals surface area contributed by atoms with Crippen LogP contribution in [-0.4, -0.2) is 25.6 Å². The smallest absolute Gasteiger partial charge is 0.303 e. The molecule has 0 bridgehead atoms. The lowest BCUT2D eigenvalue weighted by Crippen LogP contribution is -2.28. The summed E-state index contributed by atoms with van der Waals surface area (Å²) in [4.78, 5) is 31.3. The molecule has 6 nitrogen and oxygen atoms in total. The number of hydrogen-bond donors (Lipinski definition) is 1. The first-order valence-corrected chi connectivity index (χ1v) is 6.08. The SMILES string of the molecule is CC(C)n1c(=O)c(CCC(=O)O)nc2cccnc21. The highest BCUT2D eigenvalue weighted by atomic mass is 16.4. The summed E-state index contributed by atoms with van der Waals surface area (Å²) in [6.45, 7) is 3.77. The summed E-state index contributed by atoms with van der Waals surface area (Å²) in [6, 6.07) is 3.45. The van der Waals surface area contributed by atoms with Gasteiger partial charge >= 0.3 is 5.97 Å². The average Bonchev–Trinajstić information content (AvgIpc) is 2.35. The third kappa shape index (κ3) is 2.62. The van der Waals surface area contributed by atoms with Crippen LogP contribution in [-0.2, 0) is 11.2 Å². The molecule has 0 radical (unpaired) electrons. The Labute approximate surface area is 109 Å². The van der Waals surface area contributed by atoms with Crippen LogP contribution in [0.3, 0.4) is 0 Å². The van der Waals surface area contributed by atoms with E-state index in [0.29, 0.717) is 11.2 Å². The Balaban J connectivity index is 2.63. The highest BCUT2D eigenvalue weighted by Crippen LogP contribution is 2.12. The third-order valence-corrected chi connectivity index (χ3v) is 2.81. The molecule has 0 saturated carbocycles. The third-order valence-electron chi connectivity index (χ3n) is 2.81. The first-order chi connectivity index (χ1) is 9.00. The zero-order chi connectivity index (χ0) is 14.0. The first-order valence-electron chi connectivity index (χ1n) is 6.08. The summed E-state index contributed by atoms with van der Waals surface area (Å²) in [7, 11) is 0. The van der Waals surface area contributed by atoms with Crippen molar-refractivity contribution in [2.45, 2.75) is 32.7 Å². The molecule has 0 spiro atoms. The molecule has 0 aliphatic rings. The summed E-state index contributed by atoms with van der Waals surface area (Å²) in [5, 5.41) is 8.71. The van der Waals surface area contributed by atoms with Gasteiger partial charge in [0.05, 0.1) is 6.42 Å². The highest BCUT2D eigenvalue weighted by molar-refractivity contribution is 5.70. The predicted molar refractivity (Wildman–Crippen MR) is 70.1 cm³/mol. The van der Waals surface area contributed by atoms with Crippen molar-refractivity contribution in [2.24, 2.45) is 0 Å². The number of hydrogen-bond acceptors (Lipinski definition) is 4. The molecule has 2 rings (SSSR count). The summed E-state index contributed by atoms with van der Waals surface area (Å²) < 4.78 is 1.56. The van der Waals surface area contributed by atoms with Crippen molar-refractivity contribution in [2.75, 3.05) is 0 Å². The van der Waals surface area contributed by atoms with Gasteiger partial charge in [-0.2, -0.15) is 0 Å². The van der Waals surface area contributed by atoms with Crippen LogP contribution >= 0.6 is 0 Å². The fraction of sp³-hybridized carbons (Fsp3) is 0.385. The Hall–Kier alpha value is -2.24. The van der Waals surface area contributed by atoms with E-state index in [2.05, 4.69) is 9.97 Å². The number of pyridine rings is 1. The minimum absolute atomic E-state index is 0.0588. The maximum atomic E-state index is 12.3. The van der Waals surface area contributed by atoms with E-state index in [9.17, 15) is 9.59 Å². The van der Waals surface area contributed by atoms with Gasteiger partial charge in [-0.1, -0.05) is 0 Å². The summed E-state index contributed by atoms with van der Waals surface area (Å²) in [5.41, 5.74) is 1.15. The molecule has 0 saturated heterocycles. The molecule has 0 unspecified atom stereocenters. The van der Waals surface area contributed by atoms with Crippen molar-refractivity contribution in [1.82, 2.24) is 14.5 Å². The largest absolute Gasteiger partial charge is 0.481 e. The van der Waals surface area contributed by atoms with Crippen LogP contribution in [0.4, 0.5) is 0 Å². The molecule has 0 amide bonds. The predicted octanol–water partition coefficient (Wildman–Crippen LogP) is 1.39. The van der Waals surface area contributed by atoms with Gasteiger partial charge in [0.2, 0.25) is 0 Å². The molecular weight excluding hydrogens is 246 g/mol. The summed E-state index contributed by atoms with van der Waals surface area (Å²) in [6.07, 6.45) is 1.64. The zero-order valence-corrected chi connectivity index (χ0v) is 10.8. The number of fused-ring (bicyclic) bond motifs is 1. The van der Waals surface area contributed by atoms with Crippen LogP contribution in [0.1, 0.15) is 32.0 Å². The van der Waals surface area contributed by atoms with Crippen molar-refractivity contribution in [1.29, 1.82) is 0 Å². The number of carbonyl (C=O) groups is 1. The van der Waals surface area contributed by atoms with E-state index >= 15 is 0 Å². The molecule has 0 aliphatic heterocycles. The fourth-order valence-electron chi connectivity index (χ4n) is 1.96. The van der Waals surface area contributed by atoms with Crippen molar-refractivity contribution < 1.29 is 9.90 Å². The minimum Gasteiger partial charge on any atom is -0.481 e. The lowest BCUT2D eigenvalue weighted by atomic mass is 10.2. The van der Waals surface area contributed by atoms with Crippen molar-refractivity contribution >= 4 is 17.1 Å². The minimum atomic E-state index is -0.941. The average molecular weight is 261 g/mol. The summed E-state index contributed by atoms with van der Waals surface area (Å²) >= 11 is 0. The lowest BCUT2D eigenvalue weighted by Gasteiger charge is -2.13. The molecule has 0 fully saturated rings. The number of carboxylic acid groups (broad SMARTS) is 1. The number of aliphatic carboxylic acids is 1. The molecule has 0 atom stereocenters. The Bertz CT molecular complexity index is 676. The van der Waals surface area contributed by atoms with E-state index in [4.69, 9.17) is 5.11 Å². The number of rotatable bonds is 4. The van der Waals surface area contributed by atoms with Gasteiger partial charge in [-0.3, -0.25) is 14.2 Å². The molecule has 2 aromatic rings. The van der Waals surface area contributed by atoms with Gasteiger partial charge in [-0.05, 0) is 26.0 Å². The maximum Gasteiger partial charge on any atom is 0.303 e. The molecule has 1 N–H and O–H groups in total. The molecule has 6 heteroatoms. The van der Waals surface area contributed by atoms with Crippen molar-refractivity contribution in [3.63, 3.8) is 0 Å². The highest BCUT2D eigenvalue weighted by Gasteiger charge is 2.14. The van der Waals surface area contributed by atoms with Crippen LogP contribution in [0, 0.1) is 0 Å². The maximum absolute atomic E-state index is 12.3. The topological polar surface area (TPSA) is 85.1 Å². The van der Waals surface area contributed by atoms with E-state index < -0.39 is 5.97 Å². The monoisotopic (exact) mass is 261 g/mol. The van der Waals surface area contributed by atoms with Crippen LogP contribution in [0.25, 0.3) is 11.2 Å². The van der Waals surface area contributed by atoms with Crippen molar-refractivity contribution in [3.8, 4) is 0 Å². The molecular formula is C13H15N3O3. The first kappa shape index (κ1) is 13.2. The van der Waals surface area contributed by atoms with Crippen LogP contribution < -0.4 is 5.56 Å². The van der Waals surface area contributed by atoms with E-state index in [-0.39, 0.29) is 30.1 Å². The fourth-order valence-corrected chi connectivity index (χ4v) is 1.96. The quantitative estimate of drug-likeness (QED) is 0.898. The second-order valence-electron chi connectivity index (χ2n) is 4.57. The molecule has 100 valence electrons. The summed E-state index contributed by atoms with van der Waals surface area (Å²) in [5.74, 6) is -0.941. The van der Waals surface area contributed by atoms with Crippen molar-refractivity contribution in [3.05, 3.63) is 34.4 Å². The van der Waals surface area contributed by atoms with E-state index in [1.165, 1.54) is 0 Å². The zero-order valence-electron chi connectivity index (χ0n) is 10.8. The standard InChI is InChI=1S/C13H15N3O3/c1-8(2)16-12-9(4-3-7-14-12)15-10(13(16)19)5-6-11(17)18/h3-4,7-8H,5-6H2,1-2H3,(H,17,18). The molecule has 0 aliphatic carbocycles. The number of aromatic nitrogens is 3. The molecule has 2 aromatic heterocycles. The van der Waals surface area contributed by atoms with Gasteiger partial charge in [-0.25, -0.2) is 9.97 Å². The van der Waals surface area contributed by atoms with Gasteiger partial charge < -0.3 is 5.11 Å². The van der Waals surface area contributed by atoms with Gasteiger partial charge in [0.15, 0.2) is 5.65 Å². The van der Waals surface area contributed by atoms with E-state index in [1.54, 1.807) is 22.9 Å². The van der Waals surface area contributed by atoms with Crippen LogP contribution in [0.5, 0.6) is 0 Å². The van der Waals surface area contributed by atoms with E-state index in [0.717, 1.165) is 0 Å². The van der Waals surface area contributed by atoms with Gasteiger partial charge in [-0.15, -0.1) is 0 Å². The number of nitrogens with zero attached hydrogens (tertiary/aromatic N) is 3. The van der Waals surface area contributed by atoms with Gasteiger partial charge in [0.25, 0.3) is 5.56 Å². The Morgan fingerprint density at radius 1 is 1.47 bits per heavy atom. The van der Waals surface area contributed by atoms with Gasteiger partial charge in [0.1, 0.15) is 11.2 Å². The van der Waals surface area contributed by atoms with Crippen LogP contribution in [0.2, 0.25) is 0 Å². The van der Waals surface area contributed by atoms with Crippen LogP contribution in [0.15, 0.2) is 23.1 Å². The lowest BCUT2D eigenvalue weighted by molar-refractivity contribution is -0.136. The molecule has 2 heterocycles. The number of carboxylic acids is 1. The molecule has 0 aromatic carbocycles. The second-order valence-corrected chi connectivity index (χ2v) is 4.57. The normalized spacial score (nSPS) is 11.1. The Kier molecular flexibility index (Phi) is 3.59. The number of aryl methyl sites for hydroxylation is 1. The second kappa shape index (κ2) is 5.17. The Morgan fingerprint density at radius 3 is 2.84 bits per heavy atom. The molecule has 19 heavy (non-hydrogen) atoms. The van der Waals surface area contributed by atoms with E-state index in [1.807, 2.05) is 13.8 Å². The van der Waals surface area contributed by atoms with Gasteiger partial charge in [0, 0.05) is 18.7 Å².